The first-order valence-electron chi connectivity index (χ1n) is 6.37. The Kier molecular flexibility index (Phi) is 3.91. The lowest BCUT2D eigenvalue weighted by atomic mass is 10.2. The molecule has 2 heterocycles. The van der Waals surface area contributed by atoms with Gasteiger partial charge in [0.05, 0.1) is 17.0 Å². The molecular formula is C13H15N3O2S2. The van der Waals surface area contributed by atoms with E-state index in [1.807, 2.05) is 25.1 Å². The number of carbonyl (C=O) groups excluding carboxylic acids is 2. The van der Waals surface area contributed by atoms with Crippen molar-refractivity contribution in [2.45, 2.75) is 23.1 Å². The van der Waals surface area contributed by atoms with Gasteiger partial charge in [0, 0.05) is 22.2 Å². The molecule has 1 aromatic carbocycles. The molecule has 5 nitrogen and oxygen atoms in total. The third-order valence-electron chi connectivity index (χ3n) is 3.21. The van der Waals surface area contributed by atoms with E-state index in [4.69, 9.17) is 0 Å². The van der Waals surface area contributed by atoms with Crippen molar-refractivity contribution in [3.63, 3.8) is 0 Å². The fourth-order valence-electron chi connectivity index (χ4n) is 2.08. The summed E-state index contributed by atoms with van der Waals surface area (Å²) in [7, 11) is 0. The first-order chi connectivity index (χ1) is 9.63. The van der Waals surface area contributed by atoms with Crippen molar-refractivity contribution in [1.29, 1.82) is 0 Å². The molecular weight excluding hydrogens is 294 g/mol. The predicted molar refractivity (Wildman–Crippen MR) is 83.3 cm³/mol. The largest absolute Gasteiger partial charge is 0.325 e. The summed E-state index contributed by atoms with van der Waals surface area (Å²) in [5.41, 5.74) is 1.48. The van der Waals surface area contributed by atoms with E-state index in [9.17, 15) is 9.59 Å². The fourth-order valence-corrected chi connectivity index (χ4v) is 3.95. The van der Waals surface area contributed by atoms with E-state index in [0.717, 1.165) is 22.2 Å². The quantitative estimate of drug-likeness (QED) is 0.776. The van der Waals surface area contributed by atoms with Gasteiger partial charge < -0.3 is 10.6 Å². The zero-order valence-electron chi connectivity index (χ0n) is 10.9. The standard InChI is InChI=1S/C13H15N3O2S2/c1-7-12(17)16-9-4-8(2-3-11(9)20-7)15-13(18)10-5-19-6-14-10/h2-4,7,10,14H,5-6H2,1H3,(H,15,18)(H,16,17). The van der Waals surface area contributed by atoms with Crippen LogP contribution in [0, 0.1) is 0 Å². The van der Waals surface area contributed by atoms with Crippen molar-refractivity contribution < 1.29 is 9.59 Å². The molecule has 2 atom stereocenters. The molecule has 0 saturated carbocycles. The monoisotopic (exact) mass is 309 g/mol. The van der Waals surface area contributed by atoms with Crippen LogP contribution < -0.4 is 16.0 Å². The third-order valence-corrected chi connectivity index (χ3v) is 5.33. The summed E-state index contributed by atoms with van der Waals surface area (Å²) in [6, 6.07) is 5.48. The van der Waals surface area contributed by atoms with Gasteiger partial charge in [-0.15, -0.1) is 23.5 Å². The maximum Gasteiger partial charge on any atom is 0.242 e. The molecule has 3 N–H and O–H groups in total. The van der Waals surface area contributed by atoms with Gasteiger partial charge in [-0.2, -0.15) is 0 Å². The van der Waals surface area contributed by atoms with Crippen LogP contribution in [0.5, 0.6) is 0 Å². The van der Waals surface area contributed by atoms with Crippen LogP contribution in [0.2, 0.25) is 0 Å². The lowest BCUT2D eigenvalue weighted by molar-refractivity contribution is -0.117. The highest BCUT2D eigenvalue weighted by molar-refractivity contribution is 8.01. The van der Waals surface area contributed by atoms with Gasteiger partial charge in [0.2, 0.25) is 11.8 Å². The van der Waals surface area contributed by atoms with Crippen LogP contribution in [-0.2, 0) is 9.59 Å². The molecule has 0 spiro atoms. The van der Waals surface area contributed by atoms with Crippen LogP contribution in [0.25, 0.3) is 0 Å². The molecule has 2 amide bonds. The number of carbonyl (C=O) groups is 2. The molecule has 1 aromatic rings. The summed E-state index contributed by atoms with van der Waals surface area (Å²) < 4.78 is 0. The Morgan fingerprint density at radius 2 is 2.30 bits per heavy atom. The second kappa shape index (κ2) is 5.67. The normalized spacial score (nSPS) is 24.9. The summed E-state index contributed by atoms with van der Waals surface area (Å²) in [6.07, 6.45) is 0. The lowest BCUT2D eigenvalue weighted by Crippen LogP contribution is -2.37. The van der Waals surface area contributed by atoms with Gasteiger partial charge in [0.25, 0.3) is 0 Å². The summed E-state index contributed by atoms with van der Waals surface area (Å²) in [5, 5.41) is 8.79. The molecule has 2 unspecified atom stereocenters. The van der Waals surface area contributed by atoms with E-state index in [1.54, 1.807) is 11.8 Å². The van der Waals surface area contributed by atoms with Crippen molar-refractivity contribution >= 4 is 46.7 Å². The van der Waals surface area contributed by atoms with Gasteiger partial charge in [0.15, 0.2) is 0 Å². The fraction of sp³-hybridized carbons (Fsp3) is 0.385. The number of anilines is 2. The maximum absolute atomic E-state index is 12.0. The van der Waals surface area contributed by atoms with Crippen molar-refractivity contribution in [2.24, 2.45) is 0 Å². The average molecular weight is 309 g/mol. The van der Waals surface area contributed by atoms with E-state index in [0.29, 0.717) is 5.69 Å². The first-order valence-corrected chi connectivity index (χ1v) is 8.40. The first kappa shape index (κ1) is 13.8. The summed E-state index contributed by atoms with van der Waals surface area (Å²) >= 11 is 3.24. The highest BCUT2D eigenvalue weighted by Crippen LogP contribution is 2.36. The Hall–Kier alpha value is -1.18. The topological polar surface area (TPSA) is 70.2 Å². The van der Waals surface area contributed by atoms with Gasteiger partial charge in [-0.25, -0.2) is 0 Å². The molecule has 3 rings (SSSR count). The number of nitrogens with one attached hydrogen (secondary N) is 3. The number of hydrogen-bond acceptors (Lipinski definition) is 5. The van der Waals surface area contributed by atoms with Crippen molar-refractivity contribution in [2.75, 3.05) is 22.3 Å². The molecule has 0 bridgehead atoms. The minimum Gasteiger partial charge on any atom is -0.325 e. The van der Waals surface area contributed by atoms with E-state index >= 15 is 0 Å². The molecule has 1 saturated heterocycles. The lowest BCUT2D eigenvalue weighted by Gasteiger charge is -2.22. The molecule has 2 aliphatic heterocycles. The zero-order chi connectivity index (χ0) is 14.1. The van der Waals surface area contributed by atoms with Gasteiger partial charge in [0.1, 0.15) is 0 Å². The van der Waals surface area contributed by atoms with E-state index in [2.05, 4.69) is 16.0 Å². The second-order valence-electron chi connectivity index (χ2n) is 4.72. The Balaban J connectivity index is 1.74. The third kappa shape index (κ3) is 2.79. The SMILES string of the molecule is CC1Sc2ccc(NC(=O)C3CSCN3)cc2NC1=O. The number of rotatable bonds is 2. The highest BCUT2D eigenvalue weighted by atomic mass is 32.2. The van der Waals surface area contributed by atoms with Crippen LogP contribution >= 0.6 is 23.5 Å². The summed E-state index contributed by atoms with van der Waals surface area (Å²) in [4.78, 5) is 24.7. The Labute approximate surface area is 125 Å². The van der Waals surface area contributed by atoms with Crippen molar-refractivity contribution in [3.05, 3.63) is 18.2 Å². The van der Waals surface area contributed by atoms with Crippen LogP contribution in [0.1, 0.15) is 6.92 Å². The second-order valence-corrected chi connectivity index (χ2v) is 7.13. The van der Waals surface area contributed by atoms with Gasteiger partial charge in [-0.3, -0.25) is 14.9 Å². The minimum absolute atomic E-state index is 0.000152. The molecule has 1 fully saturated rings. The number of fused-ring (bicyclic) bond motifs is 1. The smallest absolute Gasteiger partial charge is 0.242 e. The van der Waals surface area contributed by atoms with Crippen LogP contribution in [0.4, 0.5) is 11.4 Å². The minimum atomic E-state index is -0.139. The van der Waals surface area contributed by atoms with Crippen LogP contribution in [0.15, 0.2) is 23.1 Å². The van der Waals surface area contributed by atoms with Crippen LogP contribution in [0.3, 0.4) is 0 Å². The summed E-state index contributed by atoms with van der Waals surface area (Å²) in [5.74, 6) is 1.58. The number of hydrogen-bond donors (Lipinski definition) is 3. The predicted octanol–water partition coefficient (Wildman–Crippen LogP) is 1.72. The highest BCUT2D eigenvalue weighted by Gasteiger charge is 2.25. The van der Waals surface area contributed by atoms with Crippen molar-refractivity contribution in [3.8, 4) is 0 Å². The summed E-state index contributed by atoms with van der Waals surface area (Å²) in [6.45, 7) is 1.88. The maximum atomic E-state index is 12.0. The zero-order valence-corrected chi connectivity index (χ0v) is 12.6. The molecule has 20 heavy (non-hydrogen) atoms. The van der Waals surface area contributed by atoms with Gasteiger partial charge in [-0.1, -0.05) is 0 Å². The Morgan fingerprint density at radius 3 is 3.05 bits per heavy atom. The molecule has 7 heteroatoms. The molecule has 2 aliphatic rings. The number of thioether (sulfide) groups is 2. The van der Waals surface area contributed by atoms with Gasteiger partial charge >= 0.3 is 0 Å². The van der Waals surface area contributed by atoms with Crippen molar-refractivity contribution in [1.82, 2.24) is 5.32 Å². The van der Waals surface area contributed by atoms with E-state index in [1.165, 1.54) is 11.8 Å². The molecule has 0 aliphatic carbocycles. The van der Waals surface area contributed by atoms with Crippen LogP contribution in [-0.4, -0.2) is 34.7 Å². The molecule has 0 aromatic heterocycles. The molecule has 106 valence electrons. The Bertz CT molecular complexity index is 559. The average Bonchev–Trinajstić information content (AvgIpc) is 2.94. The molecule has 0 radical (unpaired) electrons. The van der Waals surface area contributed by atoms with E-state index < -0.39 is 0 Å². The number of amides is 2. The van der Waals surface area contributed by atoms with Gasteiger partial charge in [-0.05, 0) is 25.1 Å². The number of benzene rings is 1. The van der Waals surface area contributed by atoms with E-state index in [-0.39, 0.29) is 23.1 Å². The Morgan fingerprint density at radius 1 is 1.45 bits per heavy atom.